The molecule has 0 amide bonds. The number of hydrogen-bond acceptors (Lipinski definition) is 5. The molecule has 4 nitrogen and oxygen atoms in total. The van der Waals surface area contributed by atoms with E-state index < -0.39 is 0 Å². The highest BCUT2D eigenvalue weighted by Crippen LogP contribution is 2.28. The van der Waals surface area contributed by atoms with E-state index in [-0.39, 0.29) is 11.2 Å². The molecule has 1 aliphatic heterocycles. The lowest BCUT2D eigenvalue weighted by molar-refractivity contribution is -0.111. The topological polar surface area (TPSA) is 47.9 Å². The molecule has 0 saturated carbocycles. The van der Waals surface area contributed by atoms with Gasteiger partial charge in [-0.15, -0.1) is 0 Å². The molecule has 1 heterocycles. The zero-order valence-corrected chi connectivity index (χ0v) is 11.4. The molecular formula is C13H15NO3S. The quantitative estimate of drug-likeness (QED) is 0.840. The number of nitrogens with zero attached hydrogens (tertiary/aromatic N) is 1. The van der Waals surface area contributed by atoms with Gasteiger partial charge in [0.15, 0.2) is 0 Å². The van der Waals surface area contributed by atoms with Crippen LogP contribution in [-0.2, 0) is 4.79 Å². The highest BCUT2D eigenvalue weighted by molar-refractivity contribution is 8.14. The van der Waals surface area contributed by atoms with Crippen LogP contribution in [0.4, 0.5) is 0 Å². The van der Waals surface area contributed by atoms with Crippen molar-refractivity contribution in [2.75, 3.05) is 20.0 Å². The van der Waals surface area contributed by atoms with Crippen LogP contribution in [0, 0.1) is 0 Å². The molecule has 1 atom stereocenters. The molecule has 0 aromatic heterocycles. The van der Waals surface area contributed by atoms with E-state index in [2.05, 4.69) is 4.99 Å². The monoisotopic (exact) mass is 265 g/mol. The first-order valence-electron chi connectivity index (χ1n) is 5.61. The summed E-state index contributed by atoms with van der Waals surface area (Å²) in [6, 6.07) is 5.32. The maximum Gasteiger partial charge on any atom is 0.213 e. The zero-order chi connectivity index (χ0) is 13.1. The van der Waals surface area contributed by atoms with Gasteiger partial charge >= 0.3 is 0 Å². The lowest BCUT2D eigenvalue weighted by atomic mass is 10.1. The van der Waals surface area contributed by atoms with Crippen LogP contribution in [0.25, 0.3) is 0 Å². The molecule has 0 aliphatic carbocycles. The average Bonchev–Trinajstić information content (AvgIpc) is 2.41. The molecule has 0 saturated heterocycles. The van der Waals surface area contributed by atoms with E-state index in [4.69, 9.17) is 9.47 Å². The van der Waals surface area contributed by atoms with Crippen LogP contribution in [0.2, 0.25) is 0 Å². The van der Waals surface area contributed by atoms with Gasteiger partial charge in [-0.2, -0.15) is 0 Å². The van der Waals surface area contributed by atoms with E-state index in [0.717, 1.165) is 22.8 Å². The molecule has 1 aromatic carbocycles. The summed E-state index contributed by atoms with van der Waals surface area (Å²) in [6.07, 6.45) is 0. The fraction of sp³-hybridized carbons (Fsp3) is 0.385. The summed E-state index contributed by atoms with van der Waals surface area (Å²) in [4.78, 5) is 15.9. The number of carbonyl (C=O) groups excluding carboxylic acids is 1. The first-order valence-corrected chi connectivity index (χ1v) is 6.60. The molecule has 0 unspecified atom stereocenters. The number of benzene rings is 1. The lowest BCUT2D eigenvalue weighted by Gasteiger charge is -2.18. The van der Waals surface area contributed by atoms with E-state index in [1.807, 2.05) is 25.1 Å². The van der Waals surface area contributed by atoms with Crippen molar-refractivity contribution < 1.29 is 14.3 Å². The molecule has 0 fully saturated rings. The number of thioether (sulfide) groups is 1. The molecule has 0 N–H and O–H groups in total. The summed E-state index contributed by atoms with van der Waals surface area (Å²) < 4.78 is 10.5. The van der Waals surface area contributed by atoms with E-state index in [9.17, 15) is 4.79 Å². The number of ether oxygens (including phenoxy) is 2. The third kappa shape index (κ3) is 2.51. The third-order valence-electron chi connectivity index (χ3n) is 2.76. The lowest BCUT2D eigenvalue weighted by Crippen LogP contribution is -2.23. The van der Waals surface area contributed by atoms with Crippen LogP contribution in [0.5, 0.6) is 11.5 Å². The van der Waals surface area contributed by atoms with E-state index in [1.54, 1.807) is 14.2 Å². The van der Waals surface area contributed by atoms with Gasteiger partial charge in [-0.25, -0.2) is 0 Å². The van der Waals surface area contributed by atoms with Gasteiger partial charge in [-0.05, 0) is 19.1 Å². The summed E-state index contributed by atoms with van der Waals surface area (Å²) >= 11 is 1.30. The van der Waals surface area contributed by atoms with Gasteiger partial charge in [-0.1, -0.05) is 11.8 Å². The second kappa shape index (κ2) is 5.44. The highest BCUT2D eigenvalue weighted by atomic mass is 32.2. The largest absolute Gasteiger partial charge is 0.497 e. The molecule has 5 heteroatoms. The van der Waals surface area contributed by atoms with Crippen LogP contribution in [0.15, 0.2) is 23.2 Å². The first-order chi connectivity index (χ1) is 8.65. The summed E-state index contributed by atoms with van der Waals surface area (Å²) in [7, 11) is 3.23. The first kappa shape index (κ1) is 13.0. The minimum atomic E-state index is -0.287. The van der Waals surface area contributed by atoms with Gasteiger partial charge < -0.3 is 9.47 Å². The van der Waals surface area contributed by atoms with E-state index >= 15 is 0 Å². The van der Waals surface area contributed by atoms with Crippen molar-refractivity contribution in [2.24, 2.45) is 4.99 Å². The van der Waals surface area contributed by atoms with Crippen LogP contribution in [0.3, 0.4) is 0 Å². The third-order valence-corrected chi connectivity index (χ3v) is 3.80. The van der Waals surface area contributed by atoms with Crippen molar-refractivity contribution in [3.05, 3.63) is 23.8 Å². The maximum absolute atomic E-state index is 11.4. The van der Waals surface area contributed by atoms with Gasteiger partial charge in [0.25, 0.3) is 0 Å². The highest BCUT2D eigenvalue weighted by Gasteiger charge is 2.22. The summed E-state index contributed by atoms with van der Waals surface area (Å²) in [5.74, 6) is 2.05. The molecule has 0 spiro atoms. The van der Waals surface area contributed by atoms with Crippen molar-refractivity contribution in [1.82, 2.24) is 0 Å². The Morgan fingerprint density at radius 1 is 1.33 bits per heavy atom. The average molecular weight is 265 g/mol. The molecule has 0 bridgehead atoms. The van der Waals surface area contributed by atoms with Crippen LogP contribution < -0.4 is 9.47 Å². The summed E-state index contributed by atoms with van der Waals surface area (Å²) in [5, 5.41) is 0.117. The second-order valence-electron chi connectivity index (χ2n) is 3.93. The minimum Gasteiger partial charge on any atom is -0.497 e. The molecule has 18 heavy (non-hydrogen) atoms. The summed E-state index contributed by atoms with van der Waals surface area (Å²) in [6.45, 7) is 1.81. The van der Waals surface area contributed by atoms with Gasteiger partial charge in [0.1, 0.15) is 17.5 Å². The fourth-order valence-electron chi connectivity index (χ4n) is 1.77. The van der Waals surface area contributed by atoms with Crippen molar-refractivity contribution in [1.29, 1.82) is 0 Å². The van der Waals surface area contributed by atoms with Crippen LogP contribution in [-0.4, -0.2) is 36.8 Å². The van der Waals surface area contributed by atoms with E-state index in [1.165, 1.54) is 11.8 Å². The Labute approximate surface area is 110 Å². The van der Waals surface area contributed by atoms with Crippen molar-refractivity contribution in [3.8, 4) is 11.5 Å². The maximum atomic E-state index is 11.4. The zero-order valence-electron chi connectivity index (χ0n) is 10.6. The fourth-order valence-corrected chi connectivity index (χ4v) is 2.57. The Morgan fingerprint density at radius 2 is 2.11 bits per heavy atom. The van der Waals surface area contributed by atoms with Crippen molar-refractivity contribution in [3.63, 3.8) is 0 Å². The smallest absolute Gasteiger partial charge is 0.213 e. The van der Waals surface area contributed by atoms with Gasteiger partial charge in [-0.3, -0.25) is 9.79 Å². The summed E-state index contributed by atoms with van der Waals surface area (Å²) in [5.41, 5.74) is 1.82. The number of rotatable bonds is 3. The Hall–Kier alpha value is -1.49. The van der Waals surface area contributed by atoms with Crippen molar-refractivity contribution >= 4 is 22.6 Å². The van der Waals surface area contributed by atoms with Crippen molar-refractivity contribution in [2.45, 2.75) is 13.0 Å². The standard InChI is InChI=1S/C13H15NO3S/c1-8-13(15)18-7-11(14-8)10-5-4-9(16-2)6-12(10)17-3/h4-6,8H,7H2,1-3H3/t8-/m0/s1. The van der Waals surface area contributed by atoms with E-state index in [0.29, 0.717) is 5.75 Å². The molecule has 1 aromatic rings. The predicted molar refractivity (Wildman–Crippen MR) is 73.0 cm³/mol. The number of hydrogen-bond donors (Lipinski definition) is 0. The Morgan fingerprint density at radius 3 is 2.72 bits per heavy atom. The van der Waals surface area contributed by atoms with Gasteiger partial charge in [0.2, 0.25) is 5.12 Å². The number of methoxy groups -OCH3 is 2. The molecule has 1 aliphatic rings. The normalized spacial score (nSPS) is 19.4. The van der Waals surface area contributed by atoms with Crippen LogP contribution >= 0.6 is 11.8 Å². The Bertz CT molecular complexity index is 499. The molecule has 0 radical (unpaired) electrons. The molecular weight excluding hydrogens is 250 g/mol. The van der Waals surface area contributed by atoms with Crippen LogP contribution in [0.1, 0.15) is 12.5 Å². The SMILES string of the molecule is COc1ccc(C2=N[C@@H](C)C(=O)SC2)c(OC)c1. The number of aliphatic imine (C=N–C) groups is 1. The second-order valence-corrected chi connectivity index (χ2v) is 4.91. The predicted octanol–water partition coefficient (Wildman–Crippen LogP) is 2.15. The van der Waals surface area contributed by atoms with Gasteiger partial charge in [0, 0.05) is 17.4 Å². The minimum absolute atomic E-state index is 0.117. The Kier molecular flexibility index (Phi) is 3.91. The Balaban J connectivity index is 2.39. The van der Waals surface area contributed by atoms with Gasteiger partial charge in [0.05, 0.1) is 19.9 Å². The molecule has 96 valence electrons. The number of carbonyl (C=O) groups is 1. The molecule has 2 rings (SSSR count).